The van der Waals surface area contributed by atoms with E-state index in [2.05, 4.69) is 52.6 Å². The fourth-order valence-electron chi connectivity index (χ4n) is 3.38. The molecular weight excluding hydrogens is 435 g/mol. The van der Waals surface area contributed by atoms with Gasteiger partial charge in [0.15, 0.2) is 5.96 Å². The average molecular weight is 470 g/mol. The second-order valence-corrected chi connectivity index (χ2v) is 8.14. The van der Waals surface area contributed by atoms with E-state index in [0.717, 1.165) is 57.1 Å². The first-order valence-corrected chi connectivity index (χ1v) is 10.1. The molecule has 0 saturated carbocycles. The number of halogens is 1. The van der Waals surface area contributed by atoms with Crippen LogP contribution < -0.4 is 5.32 Å². The maximum Gasteiger partial charge on any atom is 0.193 e. The van der Waals surface area contributed by atoms with Crippen LogP contribution in [0.25, 0.3) is 0 Å². The zero-order valence-corrected chi connectivity index (χ0v) is 18.8. The summed E-state index contributed by atoms with van der Waals surface area (Å²) in [6.45, 7) is 13.9. The largest absolute Gasteiger partial charge is 0.379 e. The van der Waals surface area contributed by atoms with Crippen molar-refractivity contribution in [3.63, 3.8) is 0 Å². The van der Waals surface area contributed by atoms with E-state index < -0.39 is 0 Å². The van der Waals surface area contributed by atoms with E-state index in [1.54, 1.807) is 0 Å². The SMILES string of the molecule is CCC1CN(C(=NC)NCC(C(C)C)N2CCOCC2)CCS1.I. The lowest BCUT2D eigenvalue weighted by Gasteiger charge is -2.39. The van der Waals surface area contributed by atoms with E-state index in [0.29, 0.717) is 12.0 Å². The molecule has 2 heterocycles. The molecule has 5 nitrogen and oxygen atoms in total. The Labute approximate surface area is 169 Å². The summed E-state index contributed by atoms with van der Waals surface area (Å²) in [6, 6.07) is 0.539. The van der Waals surface area contributed by atoms with Gasteiger partial charge in [-0.2, -0.15) is 11.8 Å². The second-order valence-electron chi connectivity index (χ2n) is 6.73. The van der Waals surface area contributed by atoms with Gasteiger partial charge in [-0.3, -0.25) is 9.89 Å². The van der Waals surface area contributed by atoms with Gasteiger partial charge in [-0.1, -0.05) is 20.8 Å². The Morgan fingerprint density at radius 1 is 1.29 bits per heavy atom. The molecule has 0 amide bonds. The van der Waals surface area contributed by atoms with Crippen LogP contribution in [-0.4, -0.2) is 85.8 Å². The van der Waals surface area contributed by atoms with Gasteiger partial charge >= 0.3 is 0 Å². The first kappa shape index (κ1) is 22.3. The number of hydrogen-bond donors (Lipinski definition) is 1. The monoisotopic (exact) mass is 470 g/mol. The predicted molar refractivity (Wildman–Crippen MR) is 116 cm³/mol. The number of thioether (sulfide) groups is 1. The molecule has 0 aliphatic carbocycles. The molecule has 2 saturated heterocycles. The van der Waals surface area contributed by atoms with Gasteiger partial charge in [-0.05, 0) is 12.3 Å². The van der Waals surface area contributed by atoms with Crippen molar-refractivity contribution in [2.45, 2.75) is 38.5 Å². The molecule has 2 unspecified atom stereocenters. The van der Waals surface area contributed by atoms with Gasteiger partial charge in [0.2, 0.25) is 0 Å². The molecule has 0 aromatic rings. The molecule has 0 bridgehead atoms. The standard InChI is InChI=1S/C17H34N4OS.HI/c1-5-15-13-21(8-11-23-15)17(18-4)19-12-16(14(2)3)20-6-9-22-10-7-20;/h14-16H,5-13H2,1-4H3,(H,18,19);1H. The van der Waals surface area contributed by atoms with Crippen molar-refractivity contribution in [3.8, 4) is 0 Å². The molecular formula is C17H35IN4OS. The van der Waals surface area contributed by atoms with Crippen molar-refractivity contribution in [1.29, 1.82) is 0 Å². The molecule has 24 heavy (non-hydrogen) atoms. The number of morpholine rings is 1. The van der Waals surface area contributed by atoms with Crippen molar-refractivity contribution >= 4 is 41.7 Å². The number of aliphatic imine (C=N–C) groups is 1. The Hall–Kier alpha value is 0.270. The van der Waals surface area contributed by atoms with Gasteiger partial charge in [0.25, 0.3) is 0 Å². The third-order valence-corrected chi connectivity index (χ3v) is 6.23. The Bertz CT molecular complexity index is 378. The highest BCUT2D eigenvalue weighted by atomic mass is 127. The molecule has 1 N–H and O–H groups in total. The van der Waals surface area contributed by atoms with Crippen LogP contribution in [0.2, 0.25) is 0 Å². The lowest BCUT2D eigenvalue weighted by molar-refractivity contribution is 0.00740. The number of rotatable bonds is 5. The minimum absolute atomic E-state index is 0. The van der Waals surface area contributed by atoms with Gasteiger partial charge in [-0.25, -0.2) is 0 Å². The molecule has 7 heteroatoms. The third-order valence-electron chi connectivity index (χ3n) is 4.86. The summed E-state index contributed by atoms with van der Waals surface area (Å²) < 4.78 is 5.50. The van der Waals surface area contributed by atoms with E-state index in [-0.39, 0.29) is 24.0 Å². The van der Waals surface area contributed by atoms with Crippen molar-refractivity contribution in [2.24, 2.45) is 10.9 Å². The van der Waals surface area contributed by atoms with E-state index in [1.807, 2.05) is 7.05 Å². The normalized spacial score (nSPS) is 24.6. The van der Waals surface area contributed by atoms with Crippen molar-refractivity contribution in [3.05, 3.63) is 0 Å². The minimum Gasteiger partial charge on any atom is -0.379 e. The average Bonchev–Trinajstić information content (AvgIpc) is 2.59. The fourth-order valence-corrected chi connectivity index (χ4v) is 4.56. The summed E-state index contributed by atoms with van der Waals surface area (Å²) in [7, 11) is 1.91. The fraction of sp³-hybridized carbons (Fsp3) is 0.941. The van der Waals surface area contributed by atoms with E-state index in [1.165, 1.54) is 12.2 Å². The molecule has 0 spiro atoms. The van der Waals surface area contributed by atoms with E-state index >= 15 is 0 Å². The van der Waals surface area contributed by atoms with Crippen molar-refractivity contribution in [1.82, 2.24) is 15.1 Å². The van der Waals surface area contributed by atoms with Crippen LogP contribution in [0, 0.1) is 5.92 Å². The van der Waals surface area contributed by atoms with Gasteiger partial charge in [-0.15, -0.1) is 24.0 Å². The number of guanidine groups is 1. The Balaban J connectivity index is 0.00000288. The molecule has 0 aromatic heterocycles. The van der Waals surface area contributed by atoms with Gasteiger partial charge < -0.3 is 15.0 Å². The lowest BCUT2D eigenvalue weighted by Crippen LogP contribution is -2.54. The summed E-state index contributed by atoms with van der Waals surface area (Å²) in [5, 5.41) is 4.39. The molecule has 2 aliphatic heterocycles. The van der Waals surface area contributed by atoms with Crippen LogP contribution in [0.4, 0.5) is 0 Å². The van der Waals surface area contributed by atoms with Crippen LogP contribution in [0.5, 0.6) is 0 Å². The summed E-state index contributed by atoms with van der Waals surface area (Å²) in [4.78, 5) is 9.53. The molecule has 2 atom stereocenters. The highest BCUT2D eigenvalue weighted by Crippen LogP contribution is 2.21. The van der Waals surface area contributed by atoms with Gasteiger partial charge in [0, 0.05) is 56.8 Å². The second kappa shape index (κ2) is 11.8. The van der Waals surface area contributed by atoms with Crippen LogP contribution in [0.3, 0.4) is 0 Å². The maximum atomic E-state index is 5.50. The molecule has 2 fully saturated rings. The third kappa shape index (κ3) is 6.53. The minimum atomic E-state index is 0. The highest BCUT2D eigenvalue weighted by Gasteiger charge is 2.26. The topological polar surface area (TPSA) is 40.1 Å². The Kier molecular flexibility index (Phi) is 11.0. The summed E-state index contributed by atoms with van der Waals surface area (Å²) >= 11 is 2.10. The number of ether oxygens (including phenoxy) is 1. The number of hydrogen-bond acceptors (Lipinski definition) is 4. The number of nitrogens with zero attached hydrogens (tertiary/aromatic N) is 3. The summed E-state index contributed by atoms with van der Waals surface area (Å²) in [5.41, 5.74) is 0. The number of nitrogens with one attached hydrogen (secondary N) is 1. The van der Waals surface area contributed by atoms with E-state index in [4.69, 9.17) is 4.74 Å². The molecule has 0 aromatic carbocycles. The summed E-state index contributed by atoms with van der Waals surface area (Å²) in [6.07, 6.45) is 1.24. The molecule has 0 radical (unpaired) electrons. The quantitative estimate of drug-likeness (QED) is 0.380. The molecule has 2 aliphatic rings. The van der Waals surface area contributed by atoms with Gasteiger partial charge in [0.05, 0.1) is 13.2 Å². The zero-order valence-electron chi connectivity index (χ0n) is 15.7. The van der Waals surface area contributed by atoms with Crippen LogP contribution in [0.1, 0.15) is 27.2 Å². The smallest absolute Gasteiger partial charge is 0.193 e. The Morgan fingerprint density at radius 3 is 2.58 bits per heavy atom. The van der Waals surface area contributed by atoms with Crippen LogP contribution >= 0.6 is 35.7 Å². The highest BCUT2D eigenvalue weighted by molar-refractivity contribution is 14.0. The van der Waals surface area contributed by atoms with E-state index in [9.17, 15) is 0 Å². The predicted octanol–water partition coefficient (Wildman–Crippen LogP) is 2.36. The first-order valence-electron chi connectivity index (χ1n) is 9.04. The van der Waals surface area contributed by atoms with Gasteiger partial charge in [0.1, 0.15) is 0 Å². The van der Waals surface area contributed by atoms with Crippen molar-refractivity contribution < 1.29 is 4.74 Å². The van der Waals surface area contributed by atoms with Crippen LogP contribution in [-0.2, 0) is 4.74 Å². The lowest BCUT2D eigenvalue weighted by atomic mass is 10.0. The Morgan fingerprint density at radius 2 is 2.00 bits per heavy atom. The summed E-state index contributed by atoms with van der Waals surface area (Å²) in [5.74, 6) is 2.90. The van der Waals surface area contributed by atoms with Crippen molar-refractivity contribution in [2.75, 3.05) is 58.7 Å². The van der Waals surface area contributed by atoms with Crippen LogP contribution in [0.15, 0.2) is 4.99 Å². The zero-order chi connectivity index (χ0) is 16.7. The molecule has 2 rings (SSSR count). The first-order chi connectivity index (χ1) is 11.2. The molecule has 142 valence electrons. The maximum absolute atomic E-state index is 5.50.